The lowest BCUT2D eigenvalue weighted by Gasteiger charge is -2.35. The van der Waals surface area contributed by atoms with Gasteiger partial charge < -0.3 is 9.64 Å². The number of benzene rings is 3. The predicted octanol–water partition coefficient (Wildman–Crippen LogP) is 4.12. The smallest absolute Gasteiger partial charge is 0.338 e. The summed E-state index contributed by atoms with van der Waals surface area (Å²) >= 11 is 0. The van der Waals surface area contributed by atoms with Crippen molar-refractivity contribution in [1.82, 2.24) is 4.31 Å². The van der Waals surface area contributed by atoms with Gasteiger partial charge in [-0.1, -0.05) is 54.6 Å². The van der Waals surface area contributed by atoms with E-state index in [2.05, 4.69) is 4.90 Å². The van der Waals surface area contributed by atoms with Crippen molar-refractivity contribution in [3.8, 4) is 0 Å². The Hall–Kier alpha value is -3.16. The van der Waals surface area contributed by atoms with E-state index in [0.29, 0.717) is 26.2 Å². The van der Waals surface area contributed by atoms with Crippen LogP contribution in [0.15, 0.2) is 89.8 Å². The summed E-state index contributed by atoms with van der Waals surface area (Å²) in [7, 11) is -3.71. The van der Waals surface area contributed by atoms with E-state index in [-0.39, 0.29) is 10.5 Å². The highest BCUT2D eigenvalue weighted by atomic mass is 32.2. The molecule has 1 heterocycles. The minimum atomic E-state index is -3.71. The van der Waals surface area contributed by atoms with Crippen LogP contribution in [0.3, 0.4) is 0 Å². The number of para-hydroxylation sites is 1. The Balaban J connectivity index is 1.44. The zero-order valence-electron chi connectivity index (χ0n) is 17.9. The normalized spacial score (nSPS) is 15.8. The molecule has 1 unspecified atom stereocenters. The monoisotopic (exact) mass is 450 g/mol. The van der Waals surface area contributed by atoms with Gasteiger partial charge in [0, 0.05) is 31.9 Å². The van der Waals surface area contributed by atoms with Crippen molar-refractivity contribution in [3.05, 3.63) is 96.1 Å². The summed E-state index contributed by atoms with van der Waals surface area (Å²) in [4.78, 5) is 14.9. The highest BCUT2D eigenvalue weighted by Crippen LogP contribution is 2.23. The van der Waals surface area contributed by atoms with Gasteiger partial charge in [-0.05, 0) is 42.8 Å². The standard InChI is InChI=1S/C25H26N2O4S/c1-20(21-9-4-2-5-10-21)31-25(28)22-11-8-14-24(19-22)32(29,30)27-17-15-26(16-18-27)23-12-6-3-7-13-23/h2-14,19-20H,15-18H2,1H3. The van der Waals surface area contributed by atoms with Crippen molar-refractivity contribution in [2.24, 2.45) is 0 Å². The molecule has 0 spiro atoms. The van der Waals surface area contributed by atoms with Crippen molar-refractivity contribution in [2.75, 3.05) is 31.1 Å². The number of anilines is 1. The first kappa shape index (κ1) is 22.0. The zero-order chi connectivity index (χ0) is 22.6. The second-order valence-electron chi connectivity index (χ2n) is 7.71. The first-order valence-electron chi connectivity index (χ1n) is 10.6. The predicted molar refractivity (Wildman–Crippen MR) is 124 cm³/mol. The molecule has 0 aliphatic carbocycles. The summed E-state index contributed by atoms with van der Waals surface area (Å²) in [5.41, 5.74) is 2.18. The van der Waals surface area contributed by atoms with E-state index in [4.69, 9.17) is 4.74 Å². The number of hydrogen-bond donors (Lipinski definition) is 0. The number of esters is 1. The Bertz CT molecular complexity index is 1160. The van der Waals surface area contributed by atoms with Crippen LogP contribution in [0.25, 0.3) is 0 Å². The fourth-order valence-corrected chi connectivity index (χ4v) is 5.25. The Morgan fingerprint density at radius 3 is 2.12 bits per heavy atom. The number of nitrogens with zero attached hydrogens (tertiary/aromatic N) is 2. The number of sulfonamides is 1. The lowest BCUT2D eigenvalue weighted by molar-refractivity contribution is 0.0337. The minimum Gasteiger partial charge on any atom is -0.454 e. The Morgan fingerprint density at radius 2 is 1.47 bits per heavy atom. The molecule has 0 aromatic heterocycles. The van der Waals surface area contributed by atoms with Gasteiger partial charge in [-0.2, -0.15) is 4.31 Å². The molecule has 32 heavy (non-hydrogen) atoms. The van der Waals surface area contributed by atoms with E-state index in [1.165, 1.54) is 16.4 Å². The van der Waals surface area contributed by atoms with Crippen LogP contribution in [0.2, 0.25) is 0 Å². The van der Waals surface area contributed by atoms with Crippen LogP contribution in [-0.4, -0.2) is 44.9 Å². The molecule has 1 atom stereocenters. The molecule has 1 aliphatic rings. The Kier molecular flexibility index (Phi) is 6.58. The molecular formula is C25H26N2O4S. The van der Waals surface area contributed by atoms with Gasteiger partial charge in [-0.3, -0.25) is 0 Å². The van der Waals surface area contributed by atoms with Crippen molar-refractivity contribution in [1.29, 1.82) is 0 Å². The summed E-state index contributed by atoms with van der Waals surface area (Å²) < 4.78 is 33.4. The molecule has 6 nitrogen and oxygen atoms in total. The molecule has 0 bridgehead atoms. The molecule has 4 rings (SSSR count). The van der Waals surface area contributed by atoms with Gasteiger partial charge in [-0.15, -0.1) is 0 Å². The summed E-state index contributed by atoms with van der Waals surface area (Å²) in [6.45, 7) is 3.78. The molecule has 7 heteroatoms. The molecule has 3 aromatic carbocycles. The van der Waals surface area contributed by atoms with E-state index in [0.717, 1.165) is 11.3 Å². The lowest BCUT2D eigenvalue weighted by Crippen LogP contribution is -2.48. The number of piperazine rings is 1. The highest BCUT2D eigenvalue weighted by molar-refractivity contribution is 7.89. The van der Waals surface area contributed by atoms with E-state index in [9.17, 15) is 13.2 Å². The molecule has 1 aliphatic heterocycles. The van der Waals surface area contributed by atoms with Crippen LogP contribution in [0, 0.1) is 0 Å². The molecule has 166 valence electrons. The van der Waals surface area contributed by atoms with E-state index < -0.39 is 22.1 Å². The molecule has 0 saturated carbocycles. The van der Waals surface area contributed by atoms with Gasteiger partial charge in [0.25, 0.3) is 0 Å². The Labute approximate surface area is 189 Å². The largest absolute Gasteiger partial charge is 0.454 e. The maximum atomic E-state index is 13.2. The van der Waals surface area contributed by atoms with Crippen molar-refractivity contribution in [2.45, 2.75) is 17.9 Å². The van der Waals surface area contributed by atoms with Gasteiger partial charge >= 0.3 is 5.97 Å². The first-order valence-corrected chi connectivity index (χ1v) is 12.1. The third kappa shape index (κ3) is 4.84. The van der Waals surface area contributed by atoms with Crippen LogP contribution in [0.1, 0.15) is 28.9 Å². The summed E-state index contributed by atoms with van der Waals surface area (Å²) in [6.07, 6.45) is -0.435. The van der Waals surface area contributed by atoms with Gasteiger partial charge in [0.2, 0.25) is 10.0 Å². The molecule has 3 aromatic rings. The van der Waals surface area contributed by atoms with Gasteiger partial charge in [0.1, 0.15) is 6.10 Å². The van der Waals surface area contributed by atoms with Crippen molar-refractivity contribution in [3.63, 3.8) is 0 Å². The maximum absolute atomic E-state index is 13.2. The highest BCUT2D eigenvalue weighted by Gasteiger charge is 2.29. The van der Waals surface area contributed by atoms with Crippen molar-refractivity contribution >= 4 is 21.7 Å². The van der Waals surface area contributed by atoms with E-state index in [1.807, 2.05) is 60.7 Å². The lowest BCUT2D eigenvalue weighted by atomic mass is 10.1. The Morgan fingerprint density at radius 1 is 0.844 bits per heavy atom. The molecule has 1 fully saturated rings. The third-order valence-corrected chi connectivity index (χ3v) is 7.51. The van der Waals surface area contributed by atoms with Gasteiger partial charge in [-0.25, -0.2) is 13.2 Å². The average molecular weight is 451 g/mol. The van der Waals surface area contributed by atoms with Gasteiger partial charge in [0.15, 0.2) is 0 Å². The molecule has 0 N–H and O–H groups in total. The molecule has 0 amide bonds. The summed E-state index contributed by atoms with van der Waals surface area (Å²) in [5, 5.41) is 0. The van der Waals surface area contributed by atoms with E-state index >= 15 is 0 Å². The van der Waals surface area contributed by atoms with E-state index in [1.54, 1.807) is 19.1 Å². The van der Waals surface area contributed by atoms with Crippen LogP contribution < -0.4 is 4.90 Å². The average Bonchev–Trinajstić information content (AvgIpc) is 2.85. The third-order valence-electron chi connectivity index (χ3n) is 5.62. The minimum absolute atomic E-state index is 0.104. The van der Waals surface area contributed by atoms with Crippen LogP contribution in [0.5, 0.6) is 0 Å². The molecule has 1 saturated heterocycles. The fraction of sp³-hybridized carbons (Fsp3) is 0.240. The van der Waals surface area contributed by atoms with Crippen molar-refractivity contribution < 1.29 is 17.9 Å². The topological polar surface area (TPSA) is 66.9 Å². The quantitative estimate of drug-likeness (QED) is 0.529. The fourth-order valence-electron chi connectivity index (χ4n) is 3.78. The SMILES string of the molecule is CC(OC(=O)c1cccc(S(=O)(=O)N2CCN(c3ccccc3)CC2)c1)c1ccccc1. The number of rotatable bonds is 6. The summed E-state index contributed by atoms with van der Waals surface area (Å²) in [6, 6.07) is 25.5. The van der Waals surface area contributed by atoms with Crippen LogP contribution in [0.4, 0.5) is 5.69 Å². The zero-order valence-corrected chi connectivity index (χ0v) is 18.7. The maximum Gasteiger partial charge on any atom is 0.338 e. The number of carbonyl (C=O) groups is 1. The molecular weight excluding hydrogens is 424 g/mol. The van der Waals surface area contributed by atoms with Gasteiger partial charge in [0.05, 0.1) is 10.5 Å². The molecule has 0 radical (unpaired) electrons. The number of ether oxygens (including phenoxy) is 1. The van der Waals surface area contributed by atoms with Crippen LogP contribution >= 0.6 is 0 Å². The second-order valence-corrected chi connectivity index (χ2v) is 9.65. The first-order chi connectivity index (χ1) is 15.4. The van der Waals surface area contributed by atoms with Crippen LogP contribution in [-0.2, 0) is 14.8 Å². The number of hydrogen-bond acceptors (Lipinski definition) is 5. The number of carbonyl (C=O) groups excluding carboxylic acids is 1. The second kappa shape index (κ2) is 9.54. The summed E-state index contributed by atoms with van der Waals surface area (Å²) in [5.74, 6) is -0.549.